The largest absolute Gasteiger partial charge is 0.497 e. The molecule has 8 heteroatoms. The van der Waals surface area contributed by atoms with Gasteiger partial charge in [-0.05, 0) is 68.0 Å². The molecule has 1 saturated heterocycles. The van der Waals surface area contributed by atoms with E-state index in [2.05, 4.69) is 16.1 Å². The lowest BCUT2D eigenvalue weighted by Gasteiger charge is -2.40. The fourth-order valence-corrected chi connectivity index (χ4v) is 4.99. The maximum absolute atomic E-state index is 13.3. The van der Waals surface area contributed by atoms with Crippen molar-refractivity contribution in [1.29, 1.82) is 0 Å². The summed E-state index contributed by atoms with van der Waals surface area (Å²) in [6.07, 6.45) is 8.06. The third-order valence-corrected chi connectivity index (χ3v) is 7.07. The van der Waals surface area contributed by atoms with E-state index in [1.165, 1.54) is 0 Å². The highest BCUT2D eigenvalue weighted by Gasteiger charge is 2.33. The number of benzene rings is 1. The van der Waals surface area contributed by atoms with Gasteiger partial charge in [0.2, 0.25) is 5.91 Å². The number of ether oxygens (including phenoxy) is 1. The molecule has 0 saturated carbocycles. The number of rotatable bonds is 9. The molecule has 3 aromatic rings. The molecule has 0 aliphatic carbocycles. The van der Waals surface area contributed by atoms with Gasteiger partial charge in [-0.1, -0.05) is 12.1 Å². The Bertz CT molecular complexity index is 1150. The molecule has 0 unspecified atom stereocenters. The molecule has 1 atom stereocenters. The average molecular weight is 490 g/mol. The SMILES string of the molecule is COc1cccc(C[C@@H](C2CCN(C(=O)CCn3ccc(C)n3)CC2)N(C)C(=O)c2cccnc2)c1. The summed E-state index contributed by atoms with van der Waals surface area (Å²) in [4.78, 5) is 34.1. The highest BCUT2D eigenvalue weighted by molar-refractivity contribution is 5.94. The van der Waals surface area contributed by atoms with Crippen LogP contribution in [0.2, 0.25) is 0 Å². The molecule has 2 aromatic heterocycles. The molecule has 1 fully saturated rings. The van der Waals surface area contributed by atoms with Crippen molar-refractivity contribution in [2.45, 2.75) is 45.2 Å². The van der Waals surface area contributed by atoms with Crippen LogP contribution in [0.25, 0.3) is 0 Å². The van der Waals surface area contributed by atoms with Gasteiger partial charge in [-0.2, -0.15) is 5.10 Å². The minimum atomic E-state index is -0.0379. The van der Waals surface area contributed by atoms with Gasteiger partial charge in [-0.25, -0.2) is 0 Å². The average Bonchev–Trinajstić information content (AvgIpc) is 3.35. The van der Waals surface area contributed by atoms with Crippen molar-refractivity contribution >= 4 is 11.8 Å². The number of methoxy groups -OCH3 is 1. The summed E-state index contributed by atoms with van der Waals surface area (Å²) in [5.74, 6) is 1.20. The molecule has 36 heavy (non-hydrogen) atoms. The summed E-state index contributed by atoms with van der Waals surface area (Å²) in [5, 5.41) is 4.37. The van der Waals surface area contributed by atoms with E-state index in [1.807, 2.05) is 58.9 Å². The van der Waals surface area contributed by atoms with Crippen LogP contribution in [0.5, 0.6) is 5.75 Å². The first-order valence-corrected chi connectivity index (χ1v) is 12.5. The molecule has 1 aromatic carbocycles. The number of hydrogen-bond donors (Lipinski definition) is 0. The van der Waals surface area contributed by atoms with Crippen molar-refractivity contribution in [2.24, 2.45) is 5.92 Å². The number of likely N-dealkylation sites (tertiary alicyclic amines) is 1. The number of carbonyl (C=O) groups excluding carboxylic acids is 2. The molecular formula is C28H35N5O3. The standard InChI is InChI=1S/C28H35N5O3/c1-21-9-16-33(30-21)17-12-27(34)32-14-10-23(11-15-32)26(19-22-6-4-8-25(18-22)36-3)31(2)28(35)24-7-5-13-29-20-24/h4-9,13,16,18,20,23,26H,10-12,14-15,17,19H2,1-3H3/t26-/m0/s1. The number of amides is 2. The number of carbonyl (C=O) groups is 2. The Labute approximate surface area is 212 Å². The summed E-state index contributed by atoms with van der Waals surface area (Å²) in [5.41, 5.74) is 2.66. The summed E-state index contributed by atoms with van der Waals surface area (Å²) in [6.45, 7) is 3.94. The Balaban J connectivity index is 1.43. The first kappa shape index (κ1) is 25.4. The van der Waals surface area contributed by atoms with Gasteiger partial charge in [-0.15, -0.1) is 0 Å². The Morgan fingerprint density at radius 2 is 1.97 bits per heavy atom. The maximum atomic E-state index is 13.3. The molecule has 0 spiro atoms. The van der Waals surface area contributed by atoms with E-state index in [0.29, 0.717) is 31.6 Å². The maximum Gasteiger partial charge on any atom is 0.255 e. The van der Waals surface area contributed by atoms with E-state index in [1.54, 1.807) is 31.6 Å². The number of pyridine rings is 1. The summed E-state index contributed by atoms with van der Waals surface area (Å²) < 4.78 is 7.24. The van der Waals surface area contributed by atoms with Gasteiger partial charge in [0.1, 0.15) is 5.75 Å². The first-order chi connectivity index (χ1) is 17.4. The van der Waals surface area contributed by atoms with E-state index < -0.39 is 0 Å². The minimum Gasteiger partial charge on any atom is -0.497 e. The van der Waals surface area contributed by atoms with Gasteiger partial charge in [-0.3, -0.25) is 19.3 Å². The third-order valence-electron chi connectivity index (χ3n) is 7.07. The van der Waals surface area contributed by atoms with Crippen molar-refractivity contribution in [3.63, 3.8) is 0 Å². The predicted octanol–water partition coefficient (Wildman–Crippen LogP) is 3.61. The Morgan fingerprint density at radius 1 is 1.17 bits per heavy atom. The van der Waals surface area contributed by atoms with E-state index in [0.717, 1.165) is 36.3 Å². The number of nitrogens with zero attached hydrogens (tertiary/aromatic N) is 5. The van der Waals surface area contributed by atoms with E-state index in [4.69, 9.17) is 4.74 Å². The third kappa shape index (κ3) is 6.30. The number of piperidine rings is 1. The van der Waals surface area contributed by atoms with Crippen LogP contribution in [0.3, 0.4) is 0 Å². The Hall–Kier alpha value is -3.68. The second-order valence-electron chi connectivity index (χ2n) is 9.47. The van der Waals surface area contributed by atoms with Gasteiger partial charge >= 0.3 is 0 Å². The Kier molecular flexibility index (Phi) is 8.36. The second-order valence-corrected chi connectivity index (χ2v) is 9.47. The van der Waals surface area contributed by atoms with Gasteiger partial charge in [0.25, 0.3) is 5.91 Å². The molecule has 2 amide bonds. The number of likely N-dealkylation sites (N-methyl/N-ethyl adjacent to an activating group) is 1. The van der Waals surface area contributed by atoms with Gasteiger partial charge < -0.3 is 14.5 Å². The topological polar surface area (TPSA) is 80.6 Å². The summed E-state index contributed by atoms with van der Waals surface area (Å²) in [6, 6.07) is 13.5. The fourth-order valence-electron chi connectivity index (χ4n) is 4.99. The summed E-state index contributed by atoms with van der Waals surface area (Å²) >= 11 is 0. The molecule has 1 aliphatic rings. The molecule has 1 aliphatic heterocycles. The highest BCUT2D eigenvalue weighted by atomic mass is 16.5. The first-order valence-electron chi connectivity index (χ1n) is 12.5. The number of hydrogen-bond acceptors (Lipinski definition) is 5. The van der Waals surface area contributed by atoms with E-state index in [9.17, 15) is 9.59 Å². The number of aromatic nitrogens is 3. The van der Waals surface area contributed by atoms with Gasteiger partial charge in [0.15, 0.2) is 0 Å². The van der Waals surface area contributed by atoms with Crippen molar-refractivity contribution in [1.82, 2.24) is 24.6 Å². The van der Waals surface area contributed by atoms with Gasteiger partial charge in [0.05, 0.1) is 18.4 Å². The van der Waals surface area contributed by atoms with E-state index >= 15 is 0 Å². The molecule has 0 radical (unpaired) electrons. The second kappa shape index (κ2) is 11.8. The van der Waals surface area contributed by atoms with Crippen LogP contribution >= 0.6 is 0 Å². The fraction of sp³-hybridized carbons (Fsp3) is 0.429. The van der Waals surface area contributed by atoms with Gasteiger partial charge in [0, 0.05) is 57.7 Å². The van der Waals surface area contributed by atoms with Crippen molar-refractivity contribution < 1.29 is 14.3 Å². The predicted molar refractivity (Wildman–Crippen MR) is 138 cm³/mol. The molecule has 190 valence electrons. The molecule has 0 bridgehead atoms. The molecule has 0 N–H and O–H groups in total. The van der Waals surface area contributed by atoms with Crippen LogP contribution in [-0.4, -0.2) is 69.7 Å². The smallest absolute Gasteiger partial charge is 0.255 e. The summed E-state index contributed by atoms with van der Waals surface area (Å²) in [7, 11) is 3.54. The zero-order chi connectivity index (χ0) is 25.5. The zero-order valence-electron chi connectivity index (χ0n) is 21.3. The molecule has 4 rings (SSSR count). The normalized spacial score (nSPS) is 14.9. The zero-order valence-corrected chi connectivity index (χ0v) is 21.3. The van der Waals surface area contributed by atoms with Crippen molar-refractivity contribution in [2.75, 3.05) is 27.2 Å². The van der Waals surface area contributed by atoms with Crippen LogP contribution in [0, 0.1) is 12.8 Å². The minimum absolute atomic E-state index is 0.00545. The molecule has 3 heterocycles. The van der Waals surface area contributed by atoms with Crippen LogP contribution in [0.15, 0.2) is 61.1 Å². The lowest BCUT2D eigenvalue weighted by molar-refractivity contribution is -0.133. The molecular weight excluding hydrogens is 454 g/mol. The molecule has 8 nitrogen and oxygen atoms in total. The van der Waals surface area contributed by atoms with Crippen LogP contribution < -0.4 is 4.74 Å². The van der Waals surface area contributed by atoms with E-state index in [-0.39, 0.29) is 23.8 Å². The van der Waals surface area contributed by atoms with Crippen molar-refractivity contribution in [3.05, 3.63) is 77.9 Å². The number of aryl methyl sites for hydroxylation is 2. The van der Waals surface area contributed by atoms with Crippen molar-refractivity contribution in [3.8, 4) is 5.75 Å². The lowest BCUT2D eigenvalue weighted by atomic mass is 9.84. The van der Waals surface area contributed by atoms with Crippen LogP contribution in [0.1, 0.15) is 40.9 Å². The Morgan fingerprint density at radius 3 is 2.64 bits per heavy atom. The lowest BCUT2D eigenvalue weighted by Crippen LogP contribution is -2.48. The monoisotopic (exact) mass is 489 g/mol. The quantitative estimate of drug-likeness (QED) is 0.459. The van der Waals surface area contributed by atoms with Crippen LogP contribution in [-0.2, 0) is 17.8 Å². The van der Waals surface area contributed by atoms with Crippen LogP contribution in [0.4, 0.5) is 0 Å². The highest BCUT2D eigenvalue weighted by Crippen LogP contribution is 2.28.